The van der Waals surface area contributed by atoms with E-state index in [4.69, 9.17) is 4.74 Å². The van der Waals surface area contributed by atoms with Crippen LogP contribution in [0, 0.1) is 0 Å². The van der Waals surface area contributed by atoms with E-state index in [2.05, 4.69) is 12.2 Å². The Bertz CT molecular complexity index is 359. The molecule has 2 rings (SSSR count). The summed E-state index contributed by atoms with van der Waals surface area (Å²) < 4.78 is 5.61. The van der Waals surface area contributed by atoms with Gasteiger partial charge in [0, 0.05) is 18.6 Å². The Kier molecular flexibility index (Phi) is 6.13. The van der Waals surface area contributed by atoms with Gasteiger partial charge < -0.3 is 15.0 Å². The van der Waals surface area contributed by atoms with Crippen molar-refractivity contribution in [1.82, 2.24) is 10.2 Å². The number of hydrogen-bond acceptors (Lipinski definition) is 3. The molecule has 0 bridgehead atoms. The van der Waals surface area contributed by atoms with E-state index in [1.54, 1.807) is 0 Å². The highest BCUT2D eigenvalue weighted by Gasteiger charge is 2.34. The maximum atomic E-state index is 12.5. The van der Waals surface area contributed by atoms with Crippen LogP contribution < -0.4 is 5.32 Å². The monoisotopic (exact) mass is 310 g/mol. The molecule has 128 valence electrons. The number of carbonyl (C=O) groups excluding carboxylic acids is 1. The third-order valence-electron chi connectivity index (χ3n) is 4.86. The smallest absolute Gasteiger partial charge is 0.410 e. The van der Waals surface area contributed by atoms with Crippen LogP contribution in [0.1, 0.15) is 79.1 Å². The van der Waals surface area contributed by atoms with Crippen LogP contribution >= 0.6 is 0 Å². The van der Waals surface area contributed by atoms with Crippen molar-refractivity contribution in [3.05, 3.63) is 0 Å². The fourth-order valence-corrected chi connectivity index (χ4v) is 3.78. The number of nitrogens with one attached hydrogen (secondary N) is 1. The van der Waals surface area contributed by atoms with Crippen LogP contribution in [0.3, 0.4) is 0 Å². The van der Waals surface area contributed by atoms with Gasteiger partial charge in [0.1, 0.15) is 5.60 Å². The second kappa shape index (κ2) is 7.67. The van der Waals surface area contributed by atoms with Crippen molar-refractivity contribution in [3.8, 4) is 0 Å². The molecular weight excluding hydrogens is 276 g/mol. The molecule has 0 radical (unpaired) electrons. The lowest BCUT2D eigenvalue weighted by molar-refractivity contribution is 0.00478. The molecule has 4 heteroatoms. The van der Waals surface area contributed by atoms with Gasteiger partial charge in [0.2, 0.25) is 0 Å². The zero-order valence-corrected chi connectivity index (χ0v) is 14.9. The Hall–Kier alpha value is -0.770. The van der Waals surface area contributed by atoms with Gasteiger partial charge >= 0.3 is 6.09 Å². The molecule has 1 aliphatic carbocycles. The zero-order valence-electron chi connectivity index (χ0n) is 14.9. The molecule has 1 N–H and O–H groups in total. The van der Waals surface area contributed by atoms with E-state index >= 15 is 0 Å². The Balaban J connectivity index is 1.94. The van der Waals surface area contributed by atoms with Gasteiger partial charge in [-0.3, -0.25) is 0 Å². The second-order valence-corrected chi connectivity index (χ2v) is 8.03. The molecule has 1 aliphatic heterocycles. The van der Waals surface area contributed by atoms with E-state index in [0.717, 1.165) is 19.4 Å². The first-order valence-electron chi connectivity index (χ1n) is 9.12. The van der Waals surface area contributed by atoms with Crippen LogP contribution in [-0.2, 0) is 4.74 Å². The van der Waals surface area contributed by atoms with E-state index in [-0.39, 0.29) is 12.1 Å². The fourth-order valence-electron chi connectivity index (χ4n) is 3.78. The van der Waals surface area contributed by atoms with Crippen molar-refractivity contribution < 1.29 is 9.53 Å². The van der Waals surface area contributed by atoms with Crippen LogP contribution in [-0.4, -0.2) is 41.3 Å². The standard InChI is InChI=1S/C18H34N2O2/c1-14(19-15-10-6-5-7-11-15)16-12-8-9-13-20(16)17(21)22-18(2,3)4/h14-16,19H,5-13H2,1-4H3. The lowest BCUT2D eigenvalue weighted by Crippen LogP contribution is -2.56. The van der Waals surface area contributed by atoms with Crippen LogP contribution in [0.5, 0.6) is 0 Å². The van der Waals surface area contributed by atoms with Gasteiger partial charge in [-0.25, -0.2) is 4.79 Å². The minimum absolute atomic E-state index is 0.144. The molecular formula is C18H34N2O2. The topological polar surface area (TPSA) is 41.6 Å². The third-order valence-corrected chi connectivity index (χ3v) is 4.86. The SMILES string of the molecule is CC(NC1CCCCC1)C1CCCCN1C(=O)OC(C)(C)C. The summed E-state index contributed by atoms with van der Waals surface area (Å²) in [7, 11) is 0. The van der Waals surface area contributed by atoms with Crippen molar-refractivity contribution in [3.63, 3.8) is 0 Å². The van der Waals surface area contributed by atoms with Crippen molar-refractivity contribution in [1.29, 1.82) is 0 Å². The molecule has 2 unspecified atom stereocenters. The molecule has 1 saturated carbocycles. The first-order chi connectivity index (χ1) is 10.4. The number of rotatable bonds is 3. The summed E-state index contributed by atoms with van der Waals surface area (Å²) >= 11 is 0. The lowest BCUT2D eigenvalue weighted by Gasteiger charge is -2.41. The Labute approximate surface area is 136 Å². The van der Waals surface area contributed by atoms with Gasteiger partial charge in [0.25, 0.3) is 0 Å². The Morgan fingerprint density at radius 1 is 1.09 bits per heavy atom. The van der Waals surface area contributed by atoms with E-state index in [1.807, 2.05) is 25.7 Å². The number of hydrogen-bond donors (Lipinski definition) is 1. The number of ether oxygens (including phenoxy) is 1. The number of piperidine rings is 1. The highest BCUT2D eigenvalue weighted by atomic mass is 16.6. The lowest BCUT2D eigenvalue weighted by atomic mass is 9.92. The normalized spacial score (nSPS) is 25.8. The average molecular weight is 310 g/mol. The summed E-state index contributed by atoms with van der Waals surface area (Å²) in [6, 6.07) is 1.24. The third kappa shape index (κ3) is 5.15. The number of nitrogens with zero attached hydrogens (tertiary/aromatic N) is 1. The van der Waals surface area contributed by atoms with Crippen LogP contribution in [0.4, 0.5) is 4.79 Å². The molecule has 0 aromatic carbocycles. The van der Waals surface area contributed by atoms with Crippen molar-refractivity contribution in [2.75, 3.05) is 6.54 Å². The highest BCUT2D eigenvalue weighted by Crippen LogP contribution is 2.24. The molecule has 1 amide bonds. The predicted octanol–water partition coefficient (Wildman–Crippen LogP) is 4.09. The zero-order chi connectivity index (χ0) is 16.2. The summed E-state index contributed by atoms with van der Waals surface area (Å²) in [5, 5.41) is 3.79. The summed E-state index contributed by atoms with van der Waals surface area (Å²) in [5.74, 6) is 0. The van der Waals surface area contributed by atoms with Crippen molar-refractivity contribution in [2.24, 2.45) is 0 Å². The average Bonchev–Trinajstić information content (AvgIpc) is 2.46. The molecule has 1 heterocycles. The molecule has 2 aliphatic rings. The summed E-state index contributed by atoms with van der Waals surface area (Å²) in [4.78, 5) is 14.5. The van der Waals surface area contributed by atoms with Gasteiger partial charge in [-0.1, -0.05) is 19.3 Å². The Morgan fingerprint density at radius 3 is 2.36 bits per heavy atom. The molecule has 1 saturated heterocycles. The van der Waals surface area contributed by atoms with Crippen LogP contribution in [0.15, 0.2) is 0 Å². The largest absolute Gasteiger partial charge is 0.444 e. The van der Waals surface area contributed by atoms with Crippen LogP contribution in [0.25, 0.3) is 0 Å². The van der Waals surface area contributed by atoms with Crippen molar-refractivity contribution >= 4 is 6.09 Å². The molecule has 0 aromatic rings. The number of carbonyl (C=O) groups is 1. The molecule has 22 heavy (non-hydrogen) atoms. The second-order valence-electron chi connectivity index (χ2n) is 8.03. The fraction of sp³-hybridized carbons (Fsp3) is 0.944. The highest BCUT2D eigenvalue weighted by molar-refractivity contribution is 5.68. The van der Waals surface area contributed by atoms with Gasteiger partial charge in [0.05, 0.1) is 6.04 Å². The quantitative estimate of drug-likeness (QED) is 0.853. The van der Waals surface area contributed by atoms with Crippen molar-refractivity contribution in [2.45, 2.75) is 103 Å². The van der Waals surface area contributed by atoms with Crippen LogP contribution in [0.2, 0.25) is 0 Å². The first-order valence-corrected chi connectivity index (χ1v) is 9.12. The predicted molar refractivity (Wildman–Crippen MR) is 90.0 cm³/mol. The molecule has 2 atom stereocenters. The molecule has 2 fully saturated rings. The van der Waals surface area contributed by atoms with E-state index in [0.29, 0.717) is 12.1 Å². The summed E-state index contributed by atoms with van der Waals surface area (Å²) in [6.45, 7) is 8.88. The maximum Gasteiger partial charge on any atom is 0.410 e. The first kappa shape index (κ1) is 17.6. The van der Waals surface area contributed by atoms with Gasteiger partial charge in [-0.05, 0) is 59.8 Å². The molecule has 0 spiro atoms. The van der Waals surface area contributed by atoms with Gasteiger partial charge in [-0.2, -0.15) is 0 Å². The summed E-state index contributed by atoms with van der Waals surface area (Å²) in [5.41, 5.74) is -0.418. The minimum atomic E-state index is -0.418. The maximum absolute atomic E-state index is 12.5. The van der Waals surface area contributed by atoms with E-state index in [1.165, 1.54) is 38.5 Å². The molecule has 0 aromatic heterocycles. The van der Waals surface area contributed by atoms with E-state index < -0.39 is 5.60 Å². The number of amides is 1. The summed E-state index contributed by atoms with van der Waals surface area (Å²) in [6.07, 6.45) is 9.85. The Morgan fingerprint density at radius 2 is 1.73 bits per heavy atom. The van der Waals surface area contributed by atoms with Gasteiger partial charge in [0.15, 0.2) is 0 Å². The number of likely N-dealkylation sites (tertiary alicyclic amines) is 1. The van der Waals surface area contributed by atoms with E-state index in [9.17, 15) is 4.79 Å². The van der Waals surface area contributed by atoms with Gasteiger partial charge in [-0.15, -0.1) is 0 Å². The molecule has 4 nitrogen and oxygen atoms in total. The minimum Gasteiger partial charge on any atom is -0.444 e.